The first-order chi connectivity index (χ1) is 12.6. The Bertz CT molecular complexity index is 946. The highest BCUT2D eigenvalue weighted by molar-refractivity contribution is 7.15. The van der Waals surface area contributed by atoms with E-state index in [4.69, 9.17) is 5.73 Å². The van der Waals surface area contributed by atoms with Crippen molar-refractivity contribution in [2.24, 2.45) is 5.73 Å². The van der Waals surface area contributed by atoms with E-state index in [0.29, 0.717) is 16.5 Å². The molecule has 1 aliphatic carbocycles. The molecule has 0 saturated carbocycles. The number of aromatic amines is 1. The molecule has 1 aliphatic rings. The first-order valence-corrected chi connectivity index (χ1v) is 10.2. The third-order valence-electron chi connectivity index (χ3n) is 4.44. The third-order valence-corrected chi connectivity index (χ3v) is 6.43. The van der Waals surface area contributed by atoms with Crippen LogP contribution in [0, 0.1) is 0 Å². The lowest BCUT2D eigenvalue weighted by molar-refractivity contribution is 0.0994. The number of hydrogen-bond acceptors (Lipinski definition) is 5. The molecule has 26 heavy (non-hydrogen) atoms. The minimum Gasteiger partial charge on any atom is -0.364 e. The number of hydrogen-bond donors (Lipinski definition) is 3. The largest absolute Gasteiger partial charge is 0.364 e. The van der Waals surface area contributed by atoms with Crippen LogP contribution in [0.3, 0.4) is 0 Å². The summed E-state index contributed by atoms with van der Waals surface area (Å²) in [6.45, 7) is 0. The average Bonchev–Trinajstić information content (AvgIpc) is 3.32. The van der Waals surface area contributed by atoms with E-state index in [0.717, 1.165) is 23.3 Å². The summed E-state index contributed by atoms with van der Waals surface area (Å²) < 4.78 is 0. The molecule has 134 valence electrons. The highest BCUT2D eigenvalue weighted by Gasteiger charge is 2.18. The van der Waals surface area contributed by atoms with Crippen LogP contribution >= 0.6 is 22.7 Å². The zero-order valence-corrected chi connectivity index (χ0v) is 15.6. The van der Waals surface area contributed by atoms with Gasteiger partial charge in [-0.05, 0) is 43.4 Å². The van der Waals surface area contributed by atoms with Gasteiger partial charge in [0.05, 0.1) is 10.6 Å². The molecule has 3 aromatic rings. The monoisotopic (exact) mass is 386 g/mol. The van der Waals surface area contributed by atoms with Crippen LogP contribution in [0.5, 0.6) is 0 Å². The van der Waals surface area contributed by atoms with E-state index in [2.05, 4.69) is 15.3 Å². The molecule has 0 saturated heterocycles. The SMILES string of the molecule is NC(=O)c1cc(-c2csc(NC(=O)c3cc4c(s3)CCCCC4)n2)c[nH]1. The molecule has 6 nitrogen and oxygen atoms in total. The van der Waals surface area contributed by atoms with E-state index in [1.165, 1.54) is 41.0 Å². The van der Waals surface area contributed by atoms with Crippen molar-refractivity contribution in [2.75, 3.05) is 5.32 Å². The van der Waals surface area contributed by atoms with E-state index in [1.54, 1.807) is 23.6 Å². The first kappa shape index (κ1) is 17.0. The maximum absolute atomic E-state index is 12.6. The molecule has 8 heteroatoms. The maximum Gasteiger partial charge on any atom is 0.267 e. The van der Waals surface area contributed by atoms with Gasteiger partial charge in [-0.15, -0.1) is 22.7 Å². The van der Waals surface area contributed by atoms with Crippen molar-refractivity contribution in [3.8, 4) is 11.3 Å². The number of H-pyrrole nitrogens is 1. The standard InChI is InChI=1S/C18H18N4O2S2/c19-16(23)12-6-11(8-20-12)13-9-25-18(21-13)22-17(24)15-7-10-4-2-1-3-5-14(10)26-15/h6-9,20H,1-5H2,(H2,19,23)(H,21,22,24). The lowest BCUT2D eigenvalue weighted by atomic mass is 10.1. The predicted molar refractivity (Wildman–Crippen MR) is 104 cm³/mol. The number of rotatable bonds is 4. The number of thiophene rings is 1. The summed E-state index contributed by atoms with van der Waals surface area (Å²) in [6, 6.07) is 3.68. The van der Waals surface area contributed by atoms with Crippen LogP contribution in [0.1, 0.15) is 49.9 Å². The molecule has 2 amide bonds. The summed E-state index contributed by atoms with van der Waals surface area (Å²) in [5.41, 5.74) is 8.36. The van der Waals surface area contributed by atoms with Crippen molar-refractivity contribution >= 4 is 39.6 Å². The highest BCUT2D eigenvalue weighted by Crippen LogP contribution is 2.30. The molecule has 4 rings (SSSR count). The van der Waals surface area contributed by atoms with Gasteiger partial charge in [-0.25, -0.2) is 4.98 Å². The zero-order valence-electron chi connectivity index (χ0n) is 14.0. The Balaban J connectivity index is 1.48. The quantitative estimate of drug-likeness (QED) is 0.594. The van der Waals surface area contributed by atoms with Gasteiger partial charge >= 0.3 is 0 Å². The van der Waals surface area contributed by atoms with Crippen LogP contribution in [-0.4, -0.2) is 21.8 Å². The van der Waals surface area contributed by atoms with Crippen molar-refractivity contribution in [3.63, 3.8) is 0 Å². The van der Waals surface area contributed by atoms with Crippen LogP contribution in [0.15, 0.2) is 23.7 Å². The van der Waals surface area contributed by atoms with Crippen LogP contribution in [-0.2, 0) is 12.8 Å². The first-order valence-electron chi connectivity index (χ1n) is 8.47. The molecule has 4 N–H and O–H groups in total. The second kappa shape index (κ2) is 7.05. The van der Waals surface area contributed by atoms with E-state index in [9.17, 15) is 9.59 Å². The predicted octanol–water partition coefficient (Wildman–Crippen LogP) is 3.82. The number of carbonyl (C=O) groups is 2. The van der Waals surface area contributed by atoms with Gasteiger partial charge in [-0.1, -0.05) is 6.42 Å². The third kappa shape index (κ3) is 3.42. The number of thiazole rings is 1. The van der Waals surface area contributed by atoms with E-state index < -0.39 is 5.91 Å². The van der Waals surface area contributed by atoms with E-state index >= 15 is 0 Å². The number of carbonyl (C=O) groups excluding carboxylic acids is 2. The number of aromatic nitrogens is 2. The van der Waals surface area contributed by atoms with Gasteiger partial charge in [0.15, 0.2) is 5.13 Å². The van der Waals surface area contributed by atoms with E-state index in [1.807, 2.05) is 11.4 Å². The molecule has 0 unspecified atom stereocenters. The molecule has 0 aromatic carbocycles. The molecular weight excluding hydrogens is 368 g/mol. The second-order valence-corrected chi connectivity index (χ2v) is 8.27. The summed E-state index contributed by atoms with van der Waals surface area (Å²) in [4.78, 5) is 33.1. The van der Waals surface area contributed by atoms with Crippen molar-refractivity contribution < 1.29 is 9.59 Å². The van der Waals surface area contributed by atoms with Crippen molar-refractivity contribution in [3.05, 3.63) is 44.7 Å². The molecule has 3 aromatic heterocycles. The topological polar surface area (TPSA) is 101 Å². The van der Waals surface area contributed by atoms with Gasteiger partial charge in [-0.3, -0.25) is 14.9 Å². The van der Waals surface area contributed by atoms with Crippen molar-refractivity contribution in [2.45, 2.75) is 32.1 Å². The number of nitrogens with one attached hydrogen (secondary N) is 2. The fourth-order valence-corrected chi connectivity index (χ4v) is 4.95. The smallest absolute Gasteiger partial charge is 0.267 e. The number of aryl methyl sites for hydroxylation is 2. The highest BCUT2D eigenvalue weighted by atomic mass is 32.1. The number of nitrogens with zero attached hydrogens (tertiary/aromatic N) is 1. The number of fused-ring (bicyclic) bond motifs is 1. The number of anilines is 1. The minimum absolute atomic E-state index is 0.115. The van der Waals surface area contributed by atoms with Crippen LogP contribution in [0.4, 0.5) is 5.13 Å². The average molecular weight is 387 g/mol. The molecule has 0 atom stereocenters. The normalized spacial score (nSPS) is 13.8. The fraction of sp³-hybridized carbons (Fsp3) is 0.278. The van der Waals surface area contributed by atoms with Crippen molar-refractivity contribution in [1.29, 1.82) is 0 Å². The minimum atomic E-state index is -0.516. The lowest BCUT2D eigenvalue weighted by Crippen LogP contribution is -2.10. The van der Waals surface area contributed by atoms with Gasteiger partial charge in [0.1, 0.15) is 5.69 Å². The molecular formula is C18H18N4O2S2. The van der Waals surface area contributed by atoms with Crippen LogP contribution < -0.4 is 11.1 Å². The maximum atomic E-state index is 12.6. The van der Waals surface area contributed by atoms with Crippen LogP contribution in [0.25, 0.3) is 11.3 Å². The number of nitrogens with two attached hydrogens (primary N) is 1. The van der Waals surface area contributed by atoms with E-state index in [-0.39, 0.29) is 5.91 Å². The Labute approximate surface area is 158 Å². The van der Waals surface area contributed by atoms with Crippen molar-refractivity contribution in [1.82, 2.24) is 9.97 Å². The molecule has 0 radical (unpaired) electrons. The summed E-state index contributed by atoms with van der Waals surface area (Å²) in [5, 5.41) is 5.26. The number of primary amides is 1. The molecule has 0 fully saturated rings. The Kier molecular flexibility index (Phi) is 4.60. The summed E-state index contributed by atoms with van der Waals surface area (Å²) in [7, 11) is 0. The summed E-state index contributed by atoms with van der Waals surface area (Å²) in [5.74, 6) is -0.631. The Morgan fingerprint density at radius 3 is 2.85 bits per heavy atom. The Hall–Kier alpha value is -2.45. The Morgan fingerprint density at radius 2 is 2.04 bits per heavy atom. The van der Waals surface area contributed by atoms with Gasteiger partial charge < -0.3 is 10.7 Å². The van der Waals surface area contributed by atoms with Gasteiger partial charge in [-0.2, -0.15) is 0 Å². The van der Waals surface area contributed by atoms with Gasteiger partial charge in [0.2, 0.25) is 0 Å². The lowest BCUT2D eigenvalue weighted by Gasteiger charge is -1.98. The second-order valence-electron chi connectivity index (χ2n) is 6.28. The Morgan fingerprint density at radius 1 is 1.19 bits per heavy atom. The number of amides is 2. The summed E-state index contributed by atoms with van der Waals surface area (Å²) >= 11 is 2.95. The fourth-order valence-electron chi connectivity index (χ4n) is 3.09. The van der Waals surface area contributed by atoms with Gasteiger partial charge in [0, 0.05) is 22.0 Å². The molecule has 3 heterocycles. The zero-order chi connectivity index (χ0) is 18.1. The van der Waals surface area contributed by atoms with Crippen LogP contribution in [0.2, 0.25) is 0 Å². The molecule has 0 bridgehead atoms. The molecule has 0 spiro atoms. The molecule has 0 aliphatic heterocycles. The van der Waals surface area contributed by atoms with Gasteiger partial charge in [0.25, 0.3) is 11.8 Å². The summed E-state index contributed by atoms with van der Waals surface area (Å²) in [6.07, 6.45) is 7.48.